The lowest BCUT2D eigenvalue weighted by atomic mass is 10.0. The first kappa shape index (κ1) is 17.9. The molecule has 0 radical (unpaired) electrons. The van der Waals surface area contributed by atoms with Crippen molar-refractivity contribution in [1.82, 2.24) is 5.32 Å². The molecule has 0 aliphatic rings. The summed E-state index contributed by atoms with van der Waals surface area (Å²) in [4.78, 5) is 12.4. The van der Waals surface area contributed by atoms with Crippen LogP contribution in [0.1, 0.15) is 40.4 Å². The van der Waals surface area contributed by atoms with Crippen molar-refractivity contribution in [1.29, 1.82) is 0 Å². The zero-order valence-electron chi connectivity index (χ0n) is 14.8. The van der Waals surface area contributed by atoms with E-state index in [0.717, 1.165) is 28.9 Å². The van der Waals surface area contributed by atoms with Crippen LogP contribution in [-0.2, 0) is 6.54 Å². The van der Waals surface area contributed by atoms with Crippen LogP contribution in [0.4, 0.5) is 0 Å². The van der Waals surface area contributed by atoms with Gasteiger partial charge >= 0.3 is 0 Å². The summed E-state index contributed by atoms with van der Waals surface area (Å²) in [6.45, 7) is 7.08. The first-order valence-electron chi connectivity index (χ1n) is 8.20. The maximum absolute atomic E-state index is 12.4. The fourth-order valence-electron chi connectivity index (χ4n) is 2.41. The van der Waals surface area contributed by atoms with E-state index in [4.69, 9.17) is 9.47 Å². The van der Waals surface area contributed by atoms with Gasteiger partial charge in [0.15, 0.2) is 11.5 Å². The Morgan fingerprint density at radius 1 is 1.08 bits per heavy atom. The van der Waals surface area contributed by atoms with Gasteiger partial charge in [0.1, 0.15) is 0 Å². The van der Waals surface area contributed by atoms with E-state index in [9.17, 15) is 4.79 Å². The van der Waals surface area contributed by atoms with E-state index in [1.165, 1.54) is 0 Å². The quantitative estimate of drug-likeness (QED) is 0.835. The highest BCUT2D eigenvalue weighted by molar-refractivity contribution is 5.95. The molecular formula is C20H25NO3. The lowest BCUT2D eigenvalue weighted by Crippen LogP contribution is -2.23. The Kier molecular flexibility index (Phi) is 6.24. The molecule has 1 amide bonds. The van der Waals surface area contributed by atoms with Crippen molar-refractivity contribution in [3.05, 3.63) is 58.7 Å². The Balaban J connectivity index is 2.06. The van der Waals surface area contributed by atoms with Crippen LogP contribution in [0.2, 0.25) is 0 Å². The van der Waals surface area contributed by atoms with Crippen molar-refractivity contribution in [3.63, 3.8) is 0 Å². The van der Waals surface area contributed by atoms with Gasteiger partial charge in [-0.1, -0.05) is 30.7 Å². The summed E-state index contributed by atoms with van der Waals surface area (Å²) in [6, 6.07) is 11.6. The molecule has 2 aromatic rings. The molecule has 128 valence electrons. The fraction of sp³-hybridized carbons (Fsp3) is 0.350. The van der Waals surface area contributed by atoms with Crippen LogP contribution < -0.4 is 14.8 Å². The molecule has 0 bridgehead atoms. The van der Waals surface area contributed by atoms with Crippen molar-refractivity contribution < 1.29 is 14.3 Å². The van der Waals surface area contributed by atoms with Crippen molar-refractivity contribution in [3.8, 4) is 11.5 Å². The largest absolute Gasteiger partial charge is 0.493 e. The number of hydrogen-bond acceptors (Lipinski definition) is 3. The van der Waals surface area contributed by atoms with Gasteiger partial charge in [-0.15, -0.1) is 0 Å². The summed E-state index contributed by atoms with van der Waals surface area (Å²) in [5.74, 6) is 1.34. The Morgan fingerprint density at radius 2 is 1.88 bits per heavy atom. The molecule has 0 aliphatic carbocycles. The number of carbonyl (C=O) groups excluding carboxylic acids is 1. The Morgan fingerprint density at radius 3 is 2.58 bits per heavy atom. The Hall–Kier alpha value is -2.49. The molecule has 4 nitrogen and oxygen atoms in total. The summed E-state index contributed by atoms with van der Waals surface area (Å²) in [5, 5.41) is 2.96. The molecule has 0 spiro atoms. The third kappa shape index (κ3) is 4.51. The second kappa shape index (κ2) is 8.39. The molecule has 0 atom stereocenters. The number of nitrogens with one attached hydrogen (secondary N) is 1. The number of amides is 1. The van der Waals surface area contributed by atoms with E-state index in [2.05, 4.69) is 12.2 Å². The summed E-state index contributed by atoms with van der Waals surface area (Å²) < 4.78 is 11.0. The number of methoxy groups -OCH3 is 1. The van der Waals surface area contributed by atoms with Gasteiger partial charge in [0.2, 0.25) is 0 Å². The average Bonchev–Trinajstić information content (AvgIpc) is 2.60. The fourth-order valence-corrected chi connectivity index (χ4v) is 2.41. The molecule has 2 rings (SSSR count). The predicted molar refractivity (Wildman–Crippen MR) is 95.9 cm³/mol. The van der Waals surface area contributed by atoms with E-state index >= 15 is 0 Å². The maximum atomic E-state index is 12.4. The smallest absolute Gasteiger partial charge is 0.251 e. The standard InChI is InChI=1S/C20H25NO3/c1-5-10-24-18-9-8-16(12-19(18)23-4)13-21-20(22)17-11-14(2)6-7-15(17)3/h6-9,11-12H,5,10,13H2,1-4H3,(H,21,22). The Bertz CT molecular complexity index is 710. The predicted octanol–water partition coefficient (Wildman–Crippen LogP) is 4.03. The molecule has 0 saturated heterocycles. The van der Waals surface area contributed by atoms with Crippen LogP contribution in [0.5, 0.6) is 11.5 Å². The molecule has 24 heavy (non-hydrogen) atoms. The number of hydrogen-bond donors (Lipinski definition) is 1. The molecule has 2 aromatic carbocycles. The van der Waals surface area contributed by atoms with Crippen LogP contribution in [-0.4, -0.2) is 19.6 Å². The van der Waals surface area contributed by atoms with E-state index in [0.29, 0.717) is 24.5 Å². The minimum absolute atomic E-state index is 0.0681. The van der Waals surface area contributed by atoms with Crippen LogP contribution >= 0.6 is 0 Å². The zero-order chi connectivity index (χ0) is 17.5. The highest BCUT2D eigenvalue weighted by Gasteiger charge is 2.10. The number of ether oxygens (including phenoxy) is 2. The molecule has 4 heteroatoms. The molecule has 0 aromatic heterocycles. The van der Waals surface area contributed by atoms with E-state index in [-0.39, 0.29) is 5.91 Å². The first-order chi connectivity index (χ1) is 11.5. The van der Waals surface area contributed by atoms with Gasteiger partial charge in [-0.05, 0) is 49.6 Å². The average molecular weight is 327 g/mol. The van der Waals surface area contributed by atoms with E-state index in [1.54, 1.807) is 7.11 Å². The topological polar surface area (TPSA) is 47.6 Å². The van der Waals surface area contributed by atoms with Gasteiger partial charge in [-0.3, -0.25) is 4.79 Å². The van der Waals surface area contributed by atoms with Crippen molar-refractivity contribution in [2.45, 2.75) is 33.7 Å². The second-order valence-electron chi connectivity index (χ2n) is 5.83. The van der Waals surface area contributed by atoms with Crippen LogP contribution in [0, 0.1) is 13.8 Å². The zero-order valence-corrected chi connectivity index (χ0v) is 14.8. The Labute approximate surface area is 143 Å². The lowest BCUT2D eigenvalue weighted by molar-refractivity contribution is 0.0950. The summed E-state index contributed by atoms with van der Waals surface area (Å²) in [5.41, 5.74) is 3.73. The molecular weight excluding hydrogens is 302 g/mol. The normalized spacial score (nSPS) is 10.3. The third-order valence-electron chi connectivity index (χ3n) is 3.78. The first-order valence-corrected chi connectivity index (χ1v) is 8.20. The van der Waals surface area contributed by atoms with Gasteiger partial charge in [-0.25, -0.2) is 0 Å². The summed E-state index contributed by atoms with van der Waals surface area (Å²) in [7, 11) is 1.62. The minimum Gasteiger partial charge on any atom is -0.493 e. The molecule has 0 fully saturated rings. The van der Waals surface area contributed by atoms with Crippen molar-refractivity contribution in [2.75, 3.05) is 13.7 Å². The second-order valence-corrected chi connectivity index (χ2v) is 5.83. The van der Waals surface area contributed by atoms with Crippen molar-refractivity contribution in [2.24, 2.45) is 0 Å². The van der Waals surface area contributed by atoms with Crippen LogP contribution in [0.15, 0.2) is 36.4 Å². The summed E-state index contributed by atoms with van der Waals surface area (Å²) in [6.07, 6.45) is 0.941. The number of aryl methyl sites for hydroxylation is 2. The van der Waals surface area contributed by atoms with Crippen molar-refractivity contribution >= 4 is 5.91 Å². The van der Waals surface area contributed by atoms with Gasteiger partial charge < -0.3 is 14.8 Å². The molecule has 0 unspecified atom stereocenters. The molecule has 0 saturated carbocycles. The lowest BCUT2D eigenvalue weighted by Gasteiger charge is -2.13. The molecule has 0 heterocycles. The van der Waals surface area contributed by atoms with Gasteiger partial charge in [-0.2, -0.15) is 0 Å². The number of benzene rings is 2. The van der Waals surface area contributed by atoms with Crippen LogP contribution in [0.3, 0.4) is 0 Å². The summed E-state index contributed by atoms with van der Waals surface area (Å²) >= 11 is 0. The SMILES string of the molecule is CCCOc1ccc(CNC(=O)c2cc(C)ccc2C)cc1OC. The molecule has 0 aliphatic heterocycles. The minimum atomic E-state index is -0.0681. The number of carbonyl (C=O) groups is 1. The monoisotopic (exact) mass is 327 g/mol. The van der Waals surface area contributed by atoms with Crippen LogP contribution in [0.25, 0.3) is 0 Å². The van der Waals surface area contributed by atoms with Gasteiger partial charge in [0.05, 0.1) is 13.7 Å². The highest BCUT2D eigenvalue weighted by atomic mass is 16.5. The third-order valence-corrected chi connectivity index (χ3v) is 3.78. The highest BCUT2D eigenvalue weighted by Crippen LogP contribution is 2.28. The number of rotatable bonds is 7. The molecule has 1 N–H and O–H groups in total. The van der Waals surface area contributed by atoms with Gasteiger partial charge in [0.25, 0.3) is 5.91 Å². The van der Waals surface area contributed by atoms with Gasteiger partial charge in [0, 0.05) is 12.1 Å². The maximum Gasteiger partial charge on any atom is 0.251 e. The van der Waals surface area contributed by atoms with E-state index in [1.807, 2.05) is 50.2 Å². The van der Waals surface area contributed by atoms with E-state index < -0.39 is 0 Å².